The summed E-state index contributed by atoms with van der Waals surface area (Å²) in [5.74, 6) is -2.24. The number of carbonyl (C=O) groups excluding carboxylic acids is 2. The average Bonchev–Trinajstić information content (AvgIpc) is 2.43. The highest BCUT2D eigenvalue weighted by Gasteiger charge is 2.21. The summed E-state index contributed by atoms with van der Waals surface area (Å²) in [6.45, 7) is 1.89. The Hall–Kier alpha value is -2.08. The normalized spacial score (nSPS) is 11.5. The maximum absolute atomic E-state index is 11.9. The highest BCUT2D eigenvalue weighted by atomic mass is 35.5. The molecule has 1 amide bonds. The Morgan fingerprint density at radius 1 is 1.29 bits per heavy atom. The Labute approximate surface area is 127 Å². The van der Waals surface area contributed by atoms with Gasteiger partial charge in [-0.1, -0.05) is 11.6 Å². The van der Waals surface area contributed by atoms with Gasteiger partial charge in [0.2, 0.25) is 0 Å². The maximum atomic E-state index is 11.9. The first-order valence-electron chi connectivity index (χ1n) is 6.39. The molecule has 1 aromatic carbocycles. The van der Waals surface area contributed by atoms with Crippen LogP contribution in [0.5, 0.6) is 0 Å². The van der Waals surface area contributed by atoms with Crippen molar-refractivity contribution in [3.8, 4) is 0 Å². The van der Waals surface area contributed by atoms with E-state index >= 15 is 0 Å². The number of esters is 1. The van der Waals surface area contributed by atoms with Gasteiger partial charge in [-0.3, -0.25) is 9.59 Å². The van der Waals surface area contributed by atoms with E-state index in [1.807, 2.05) is 0 Å². The molecular formula is C14H16ClNO5. The van der Waals surface area contributed by atoms with Crippen LogP contribution in [0.25, 0.3) is 0 Å². The predicted octanol–water partition coefficient (Wildman–Crippen LogP) is 1.87. The van der Waals surface area contributed by atoms with E-state index in [0.717, 1.165) is 0 Å². The Morgan fingerprint density at radius 2 is 1.90 bits per heavy atom. The van der Waals surface area contributed by atoms with Crippen LogP contribution in [0.4, 0.5) is 0 Å². The van der Waals surface area contributed by atoms with Gasteiger partial charge < -0.3 is 15.2 Å². The van der Waals surface area contributed by atoms with E-state index in [4.69, 9.17) is 21.4 Å². The third kappa shape index (κ3) is 5.83. The van der Waals surface area contributed by atoms with Crippen molar-refractivity contribution in [1.29, 1.82) is 0 Å². The van der Waals surface area contributed by atoms with Gasteiger partial charge in [0.05, 0.1) is 6.61 Å². The van der Waals surface area contributed by atoms with Gasteiger partial charge in [-0.2, -0.15) is 0 Å². The summed E-state index contributed by atoms with van der Waals surface area (Å²) in [4.78, 5) is 34.2. The van der Waals surface area contributed by atoms with Gasteiger partial charge in [0, 0.05) is 17.0 Å². The zero-order valence-electron chi connectivity index (χ0n) is 11.5. The molecule has 0 bridgehead atoms. The van der Waals surface area contributed by atoms with Gasteiger partial charge in [-0.05, 0) is 37.6 Å². The highest BCUT2D eigenvalue weighted by molar-refractivity contribution is 6.30. The molecule has 0 aliphatic heterocycles. The van der Waals surface area contributed by atoms with E-state index in [9.17, 15) is 14.4 Å². The molecule has 7 heteroatoms. The Morgan fingerprint density at radius 3 is 2.43 bits per heavy atom. The summed E-state index contributed by atoms with van der Waals surface area (Å²) >= 11 is 5.71. The lowest BCUT2D eigenvalue weighted by molar-refractivity contribution is -0.144. The quantitative estimate of drug-likeness (QED) is 0.750. The van der Waals surface area contributed by atoms with E-state index in [1.165, 1.54) is 24.3 Å². The minimum Gasteiger partial charge on any atom is -0.480 e. The molecule has 1 atom stereocenters. The topological polar surface area (TPSA) is 92.7 Å². The van der Waals surface area contributed by atoms with E-state index < -0.39 is 23.9 Å². The number of amides is 1. The summed E-state index contributed by atoms with van der Waals surface area (Å²) in [7, 11) is 0. The van der Waals surface area contributed by atoms with Crippen LogP contribution in [0.2, 0.25) is 5.02 Å². The summed E-state index contributed by atoms with van der Waals surface area (Å²) in [5.41, 5.74) is 0.293. The van der Waals surface area contributed by atoms with Crippen LogP contribution in [-0.2, 0) is 14.3 Å². The number of halogens is 1. The summed E-state index contributed by atoms with van der Waals surface area (Å²) < 4.78 is 4.72. The first kappa shape index (κ1) is 17.0. The average molecular weight is 314 g/mol. The number of carboxylic acid groups (broad SMARTS) is 1. The lowest BCUT2D eigenvalue weighted by Crippen LogP contribution is -2.41. The van der Waals surface area contributed by atoms with Gasteiger partial charge in [-0.15, -0.1) is 0 Å². The molecule has 0 unspecified atom stereocenters. The third-order valence-corrected chi connectivity index (χ3v) is 2.90. The van der Waals surface area contributed by atoms with Crippen molar-refractivity contribution in [3.63, 3.8) is 0 Å². The number of hydrogen-bond donors (Lipinski definition) is 2. The molecule has 0 aliphatic carbocycles. The predicted molar refractivity (Wildman–Crippen MR) is 76.2 cm³/mol. The van der Waals surface area contributed by atoms with Crippen LogP contribution >= 0.6 is 11.6 Å². The van der Waals surface area contributed by atoms with Crippen LogP contribution in [0.15, 0.2) is 24.3 Å². The third-order valence-electron chi connectivity index (χ3n) is 2.65. The molecule has 21 heavy (non-hydrogen) atoms. The molecule has 114 valence electrons. The number of benzene rings is 1. The molecule has 0 radical (unpaired) electrons. The van der Waals surface area contributed by atoms with Gasteiger partial charge in [0.15, 0.2) is 0 Å². The second kappa shape index (κ2) is 8.26. The van der Waals surface area contributed by atoms with E-state index in [0.29, 0.717) is 10.6 Å². The highest BCUT2D eigenvalue weighted by Crippen LogP contribution is 2.10. The van der Waals surface area contributed by atoms with Gasteiger partial charge in [-0.25, -0.2) is 4.79 Å². The van der Waals surface area contributed by atoms with Crippen LogP contribution in [0.3, 0.4) is 0 Å². The lowest BCUT2D eigenvalue weighted by Gasteiger charge is -2.14. The number of nitrogens with one attached hydrogen (secondary N) is 1. The van der Waals surface area contributed by atoms with Gasteiger partial charge in [0.25, 0.3) is 5.91 Å². The SMILES string of the molecule is CCOC(=O)CC[C@H](NC(=O)c1ccc(Cl)cc1)C(=O)O. The number of hydrogen-bond acceptors (Lipinski definition) is 4. The molecule has 0 saturated carbocycles. The number of rotatable bonds is 7. The molecule has 0 saturated heterocycles. The van der Waals surface area contributed by atoms with Crippen molar-refractivity contribution in [2.45, 2.75) is 25.8 Å². The summed E-state index contributed by atoms with van der Waals surface area (Å²) in [5, 5.41) is 11.9. The molecule has 6 nitrogen and oxygen atoms in total. The fourth-order valence-electron chi connectivity index (χ4n) is 1.60. The lowest BCUT2D eigenvalue weighted by atomic mass is 10.1. The van der Waals surface area contributed by atoms with Gasteiger partial charge >= 0.3 is 11.9 Å². The molecular weight excluding hydrogens is 298 g/mol. The minimum absolute atomic E-state index is 0.0342. The first-order chi connectivity index (χ1) is 9.93. The Kier molecular flexibility index (Phi) is 6.68. The first-order valence-corrected chi connectivity index (χ1v) is 6.76. The Balaban J connectivity index is 2.61. The molecule has 0 heterocycles. The second-order valence-corrected chi connectivity index (χ2v) is 4.65. The van der Waals surface area contributed by atoms with Crippen molar-refractivity contribution in [3.05, 3.63) is 34.9 Å². The van der Waals surface area contributed by atoms with E-state index in [1.54, 1.807) is 6.92 Å². The Bertz CT molecular complexity index is 515. The molecule has 0 fully saturated rings. The van der Waals surface area contributed by atoms with Crippen molar-refractivity contribution in [2.24, 2.45) is 0 Å². The van der Waals surface area contributed by atoms with Crippen LogP contribution in [-0.4, -0.2) is 35.6 Å². The molecule has 0 spiro atoms. The smallest absolute Gasteiger partial charge is 0.326 e. The second-order valence-electron chi connectivity index (χ2n) is 4.21. The molecule has 0 aliphatic rings. The number of carboxylic acids is 1. The molecule has 2 N–H and O–H groups in total. The number of carbonyl (C=O) groups is 3. The zero-order chi connectivity index (χ0) is 15.8. The number of aliphatic carboxylic acids is 1. The van der Waals surface area contributed by atoms with Crippen molar-refractivity contribution in [2.75, 3.05) is 6.61 Å². The maximum Gasteiger partial charge on any atom is 0.326 e. The molecule has 1 rings (SSSR count). The molecule has 0 aromatic heterocycles. The zero-order valence-corrected chi connectivity index (χ0v) is 12.2. The summed E-state index contributed by atoms with van der Waals surface area (Å²) in [6, 6.07) is 4.89. The monoisotopic (exact) mass is 313 g/mol. The van der Waals surface area contributed by atoms with E-state index in [2.05, 4.69) is 5.32 Å². The van der Waals surface area contributed by atoms with Crippen molar-refractivity contribution in [1.82, 2.24) is 5.32 Å². The standard InChI is InChI=1S/C14H16ClNO5/c1-2-21-12(17)8-7-11(14(19)20)16-13(18)9-3-5-10(15)6-4-9/h3-6,11H,2,7-8H2,1H3,(H,16,18)(H,19,20)/t11-/m0/s1. The summed E-state index contributed by atoms with van der Waals surface area (Å²) in [6.07, 6.45) is -0.112. The van der Waals surface area contributed by atoms with Crippen LogP contribution in [0.1, 0.15) is 30.1 Å². The molecule has 1 aromatic rings. The van der Waals surface area contributed by atoms with Crippen LogP contribution in [0, 0.1) is 0 Å². The fourth-order valence-corrected chi connectivity index (χ4v) is 1.72. The minimum atomic E-state index is -1.21. The number of ether oxygens (including phenoxy) is 1. The fraction of sp³-hybridized carbons (Fsp3) is 0.357. The van der Waals surface area contributed by atoms with Crippen molar-refractivity contribution >= 4 is 29.4 Å². The van der Waals surface area contributed by atoms with Crippen molar-refractivity contribution < 1.29 is 24.2 Å². The largest absolute Gasteiger partial charge is 0.480 e. The van der Waals surface area contributed by atoms with Crippen LogP contribution < -0.4 is 5.32 Å². The van der Waals surface area contributed by atoms with Gasteiger partial charge in [0.1, 0.15) is 6.04 Å². The van der Waals surface area contributed by atoms with E-state index in [-0.39, 0.29) is 19.4 Å².